The summed E-state index contributed by atoms with van der Waals surface area (Å²) in [7, 11) is 0. The second kappa shape index (κ2) is 9.52. The number of fused-ring (bicyclic) bond motifs is 1. The molecule has 162 valence electrons. The lowest BCUT2D eigenvalue weighted by Gasteiger charge is -2.14. The van der Waals surface area contributed by atoms with E-state index < -0.39 is 6.16 Å². The van der Waals surface area contributed by atoms with Gasteiger partial charge in [-0.2, -0.15) is 0 Å². The van der Waals surface area contributed by atoms with E-state index in [0.717, 1.165) is 52.4 Å². The summed E-state index contributed by atoms with van der Waals surface area (Å²) in [6.07, 6.45) is 3.46. The molecular formula is C27H25NO4. The molecule has 0 bridgehead atoms. The number of aryl methyl sites for hydroxylation is 1. The summed E-state index contributed by atoms with van der Waals surface area (Å²) in [4.78, 5) is 23.9. The average molecular weight is 428 g/mol. The van der Waals surface area contributed by atoms with Crippen LogP contribution in [0, 0.1) is 0 Å². The standard InChI is InChI=1S/C27H25NO4/c1-2-3-8-21-18-28(24-11-6-4-10-23(24)26(21)29)17-19-13-15-20(16-14-19)22-9-5-7-12-25(22)32-27(30)31/h4-7,9-16,18H,2-3,8,17H2,1H3,(H,30,31). The predicted octanol–water partition coefficient (Wildman–Crippen LogP) is 6.12. The van der Waals surface area contributed by atoms with Crippen molar-refractivity contribution in [2.45, 2.75) is 32.7 Å². The van der Waals surface area contributed by atoms with Gasteiger partial charge in [-0.15, -0.1) is 0 Å². The highest BCUT2D eigenvalue weighted by Crippen LogP contribution is 2.30. The number of unbranched alkanes of at least 4 members (excludes halogenated alkanes) is 1. The van der Waals surface area contributed by atoms with Gasteiger partial charge in [-0.1, -0.05) is 67.9 Å². The van der Waals surface area contributed by atoms with Crippen molar-refractivity contribution in [2.75, 3.05) is 0 Å². The summed E-state index contributed by atoms with van der Waals surface area (Å²) in [5, 5.41) is 9.73. The number of benzene rings is 3. The van der Waals surface area contributed by atoms with Crippen molar-refractivity contribution in [2.24, 2.45) is 0 Å². The Hall–Kier alpha value is -3.86. The van der Waals surface area contributed by atoms with E-state index in [0.29, 0.717) is 12.3 Å². The molecule has 4 rings (SSSR count). The van der Waals surface area contributed by atoms with Crippen molar-refractivity contribution in [3.05, 3.63) is 100 Å². The molecular weight excluding hydrogens is 402 g/mol. The average Bonchev–Trinajstić information content (AvgIpc) is 2.81. The second-order valence-electron chi connectivity index (χ2n) is 7.79. The number of carbonyl (C=O) groups is 1. The molecule has 1 aromatic heterocycles. The molecule has 5 nitrogen and oxygen atoms in total. The summed E-state index contributed by atoms with van der Waals surface area (Å²) in [6, 6.07) is 22.8. The molecule has 32 heavy (non-hydrogen) atoms. The van der Waals surface area contributed by atoms with Crippen LogP contribution in [0.1, 0.15) is 30.9 Å². The van der Waals surface area contributed by atoms with E-state index in [1.165, 1.54) is 0 Å². The Labute approximate surface area is 186 Å². The SMILES string of the molecule is CCCCc1cn(Cc2ccc(-c3ccccc3OC(=O)O)cc2)c2ccccc2c1=O. The second-order valence-corrected chi connectivity index (χ2v) is 7.79. The predicted molar refractivity (Wildman–Crippen MR) is 126 cm³/mol. The van der Waals surface area contributed by atoms with Crippen molar-refractivity contribution < 1.29 is 14.6 Å². The number of ether oxygens (including phenoxy) is 1. The van der Waals surface area contributed by atoms with Gasteiger partial charge < -0.3 is 14.4 Å². The van der Waals surface area contributed by atoms with Crippen LogP contribution in [0.4, 0.5) is 4.79 Å². The maximum atomic E-state index is 12.9. The number of rotatable bonds is 7. The molecule has 0 saturated heterocycles. The van der Waals surface area contributed by atoms with Gasteiger partial charge in [0.15, 0.2) is 5.43 Å². The van der Waals surface area contributed by atoms with Crippen LogP contribution in [0.2, 0.25) is 0 Å². The Kier molecular flexibility index (Phi) is 6.36. The fourth-order valence-electron chi connectivity index (χ4n) is 3.96. The molecule has 0 radical (unpaired) electrons. The molecule has 0 aliphatic rings. The molecule has 0 unspecified atom stereocenters. The van der Waals surface area contributed by atoms with Crippen molar-refractivity contribution >= 4 is 17.1 Å². The number of aromatic nitrogens is 1. The van der Waals surface area contributed by atoms with Crippen LogP contribution in [-0.2, 0) is 13.0 Å². The fraction of sp³-hybridized carbons (Fsp3) is 0.185. The maximum absolute atomic E-state index is 12.9. The van der Waals surface area contributed by atoms with E-state index in [1.54, 1.807) is 12.1 Å². The highest BCUT2D eigenvalue weighted by Gasteiger charge is 2.11. The van der Waals surface area contributed by atoms with E-state index in [1.807, 2.05) is 66.9 Å². The molecule has 0 aliphatic carbocycles. The van der Waals surface area contributed by atoms with Gasteiger partial charge in [0.05, 0.1) is 5.52 Å². The summed E-state index contributed by atoms with van der Waals surface area (Å²) in [5.74, 6) is 0.305. The van der Waals surface area contributed by atoms with Gasteiger partial charge in [0.1, 0.15) is 5.75 Å². The van der Waals surface area contributed by atoms with Gasteiger partial charge in [-0.05, 0) is 42.2 Å². The minimum atomic E-state index is -1.34. The first-order valence-corrected chi connectivity index (χ1v) is 10.8. The van der Waals surface area contributed by atoms with Crippen LogP contribution >= 0.6 is 0 Å². The van der Waals surface area contributed by atoms with Gasteiger partial charge >= 0.3 is 6.16 Å². The molecule has 4 aromatic rings. The van der Waals surface area contributed by atoms with Crippen LogP contribution in [0.15, 0.2) is 83.8 Å². The molecule has 3 aromatic carbocycles. The third-order valence-electron chi connectivity index (χ3n) is 5.56. The summed E-state index contributed by atoms with van der Waals surface area (Å²) < 4.78 is 7.05. The lowest BCUT2D eigenvalue weighted by Crippen LogP contribution is -2.15. The van der Waals surface area contributed by atoms with Crippen molar-refractivity contribution in [1.29, 1.82) is 0 Å². The number of pyridine rings is 1. The first-order chi connectivity index (χ1) is 15.6. The number of para-hydroxylation sites is 2. The Morgan fingerprint density at radius 3 is 2.44 bits per heavy atom. The van der Waals surface area contributed by atoms with Crippen LogP contribution < -0.4 is 10.2 Å². The zero-order valence-corrected chi connectivity index (χ0v) is 18.0. The number of carboxylic acid groups (broad SMARTS) is 1. The van der Waals surface area contributed by atoms with Crippen LogP contribution in [-0.4, -0.2) is 15.8 Å². The normalized spacial score (nSPS) is 10.9. The minimum absolute atomic E-state index is 0.121. The Morgan fingerprint density at radius 2 is 1.69 bits per heavy atom. The molecule has 0 saturated carbocycles. The molecule has 0 atom stereocenters. The topological polar surface area (TPSA) is 68.5 Å². The highest BCUT2D eigenvalue weighted by atomic mass is 16.7. The Bertz CT molecular complexity index is 1310. The molecule has 0 spiro atoms. The highest BCUT2D eigenvalue weighted by molar-refractivity contribution is 5.79. The van der Waals surface area contributed by atoms with Crippen molar-refractivity contribution in [3.8, 4) is 16.9 Å². The molecule has 1 N–H and O–H groups in total. The zero-order chi connectivity index (χ0) is 22.5. The van der Waals surface area contributed by atoms with Crippen molar-refractivity contribution in [1.82, 2.24) is 4.57 Å². The van der Waals surface area contributed by atoms with Crippen LogP contribution in [0.25, 0.3) is 22.0 Å². The number of nitrogens with zero attached hydrogens (tertiary/aromatic N) is 1. The van der Waals surface area contributed by atoms with Gasteiger partial charge in [0.2, 0.25) is 0 Å². The van der Waals surface area contributed by atoms with E-state index in [9.17, 15) is 9.59 Å². The Morgan fingerprint density at radius 1 is 0.969 bits per heavy atom. The van der Waals surface area contributed by atoms with Crippen LogP contribution in [0.3, 0.4) is 0 Å². The fourth-order valence-corrected chi connectivity index (χ4v) is 3.96. The third-order valence-corrected chi connectivity index (χ3v) is 5.56. The molecule has 5 heteroatoms. The largest absolute Gasteiger partial charge is 0.511 e. The molecule has 1 heterocycles. The van der Waals surface area contributed by atoms with E-state index >= 15 is 0 Å². The van der Waals surface area contributed by atoms with E-state index in [2.05, 4.69) is 11.5 Å². The molecule has 0 fully saturated rings. The zero-order valence-electron chi connectivity index (χ0n) is 18.0. The quantitative estimate of drug-likeness (QED) is 0.285. The first-order valence-electron chi connectivity index (χ1n) is 10.8. The minimum Gasteiger partial charge on any atom is -0.449 e. The smallest absolute Gasteiger partial charge is 0.449 e. The summed E-state index contributed by atoms with van der Waals surface area (Å²) >= 11 is 0. The van der Waals surface area contributed by atoms with Crippen molar-refractivity contribution in [3.63, 3.8) is 0 Å². The molecule has 0 amide bonds. The monoisotopic (exact) mass is 427 g/mol. The van der Waals surface area contributed by atoms with Gasteiger partial charge in [-0.25, -0.2) is 4.79 Å². The van der Waals surface area contributed by atoms with Gasteiger partial charge in [-0.3, -0.25) is 4.79 Å². The lowest BCUT2D eigenvalue weighted by atomic mass is 10.0. The third kappa shape index (κ3) is 4.57. The summed E-state index contributed by atoms with van der Waals surface area (Å²) in [6.45, 7) is 2.76. The Balaban J connectivity index is 1.67. The van der Waals surface area contributed by atoms with Gasteiger partial charge in [0.25, 0.3) is 0 Å². The van der Waals surface area contributed by atoms with Gasteiger partial charge in [0, 0.05) is 29.3 Å². The van der Waals surface area contributed by atoms with Crippen LogP contribution in [0.5, 0.6) is 5.75 Å². The molecule has 0 aliphatic heterocycles. The number of hydrogen-bond donors (Lipinski definition) is 1. The maximum Gasteiger partial charge on any atom is 0.511 e. The summed E-state index contributed by atoms with van der Waals surface area (Å²) in [5.41, 5.74) is 4.57. The number of hydrogen-bond acceptors (Lipinski definition) is 3. The van der Waals surface area contributed by atoms with E-state index in [4.69, 9.17) is 9.84 Å². The lowest BCUT2D eigenvalue weighted by molar-refractivity contribution is 0.144. The van der Waals surface area contributed by atoms with E-state index in [-0.39, 0.29) is 5.43 Å². The first kappa shape index (κ1) is 21.4.